The first kappa shape index (κ1) is 17.5. The third-order valence-corrected chi connectivity index (χ3v) is 4.49. The molecule has 0 radical (unpaired) electrons. The molecule has 0 aliphatic carbocycles. The Morgan fingerprint density at radius 1 is 1.16 bits per heavy atom. The molecule has 1 unspecified atom stereocenters. The smallest absolute Gasteiger partial charge is 0.253 e. The van der Waals surface area contributed by atoms with Crippen molar-refractivity contribution in [3.8, 4) is 11.1 Å². The summed E-state index contributed by atoms with van der Waals surface area (Å²) in [4.78, 5) is 14.2. The van der Waals surface area contributed by atoms with Gasteiger partial charge in [0.05, 0.1) is 6.10 Å². The molecule has 3 rings (SSSR count). The lowest BCUT2D eigenvalue weighted by Gasteiger charge is -2.27. The van der Waals surface area contributed by atoms with Crippen LogP contribution in [0.4, 0.5) is 8.78 Å². The van der Waals surface area contributed by atoms with E-state index < -0.39 is 11.6 Å². The number of hydrogen-bond donors (Lipinski definition) is 0. The standard InChI is InChI=1S/C20H21F2NO2/c1-23(13-16-5-2-3-12-25-16)20(24)15-10-8-14(9-11-15)17-6-4-7-18(21)19(17)22/h4,6-11,16H,2-3,5,12-13H2,1H3. The Balaban J connectivity index is 1.70. The molecule has 1 saturated heterocycles. The van der Waals surface area contributed by atoms with E-state index in [1.807, 2.05) is 0 Å². The second-order valence-corrected chi connectivity index (χ2v) is 6.35. The molecule has 0 spiro atoms. The number of halogens is 2. The summed E-state index contributed by atoms with van der Waals surface area (Å²) >= 11 is 0. The molecule has 1 fully saturated rings. The molecule has 1 amide bonds. The molecule has 3 nitrogen and oxygen atoms in total. The highest BCUT2D eigenvalue weighted by molar-refractivity contribution is 5.94. The Morgan fingerprint density at radius 2 is 1.92 bits per heavy atom. The van der Waals surface area contributed by atoms with E-state index in [4.69, 9.17) is 4.74 Å². The molecule has 1 atom stereocenters. The topological polar surface area (TPSA) is 29.5 Å². The molecular formula is C20H21F2NO2. The molecule has 132 valence electrons. The van der Waals surface area contributed by atoms with Crippen LogP contribution in [-0.2, 0) is 4.74 Å². The average molecular weight is 345 g/mol. The van der Waals surface area contributed by atoms with Crippen molar-refractivity contribution < 1.29 is 18.3 Å². The lowest BCUT2D eigenvalue weighted by atomic mass is 10.0. The maximum Gasteiger partial charge on any atom is 0.253 e. The van der Waals surface area contributed by atoms with Crippen LogP contribution in [0.15, 0.2) is 42.5 Å². The summed E-state index contributed by atoms with van der Waals surface area (Å²) < 4.78 is 32.9. The van der Waals surface area contributed by atoms with Crippen LogP contribution in [0.1, 0.15) is 29.6 Å². The molecule has 1 heterocycles. The largest absolute Gasteiger partial charge is 0.376 e. The minimum atomic E-state index is -0.884. The Bertz CT molecular complexity index is 740. The first-order valence-electron chi connectivity index (χ1n) is 8.48. The molecule has 1 aliphatic rings. The van der Waals surface area contributed by atoms with Gasteiger partial charge in [-0.05, 0) is 43.0 Å². The Hall–Kier alpha value is -2.27. The van der Waals surface area contributed by atoms with Gasteiger partial charge in [-0.2, -0.15) is 0 Å². The molecule has 0 N–H and O–H groups in total. The third kappa shape index (κ3) is 4.04. The first-order chi connectivity index (χ1) is 12.1. The van der Waals surface area contributed by atoms with Gasteiger partial charge in [-0.25, -0.2) is 8.78 Å². The van der Waals surface area contributed by atoms with E-state index in [1.54, 1.807) is 36.2 Å². The molecule has 0 bridgehead atoms. The van der Waals surface area contributed by atoms with Gasteiger partial charge in [-0.15, -0.1) is 0 Å². The fraction of sp³-hybridized carbons (Fsp3) is 0.350. The van der Waals surface area contributed by atoms with Gasteiger partial charge in [-0.1, -0.05) is 24.3 Å². The Labute approximate surface area is 146 Å². The van der Waals surface area contributed by atoms with Crippen molar-refractivity contribution >= 4 is 5.91 Å². The van der Waals surface area contributed by atoms with E-state index in [0.29, 0.717) is 17.7 Å². The average Bonchev–Trinajstić information content (AvgIpc) is 2.64. The van der Waals surface area contributed by atoms with Crippen molar-refractivity contribution in [2.45, 2.75) is 25.4 Å². The molecule has 0 saturated carbocycles. The Kier molecular flexibility index (Phi) is 5.43. The number of carbonyl (C=O) groups excluding carboxylic acids is 1. The normalized spacial score (nSPS) is 17.3. The summed E-state index contributed by atoms with van der Waals surface area (Å²) in [7, 11) is 1.75. The van der Waals surface area contributed by atoms with E-state index in [9.17, 15) is 13.6 Å². The van der Waals surface area contributed by atoms with Crippen molar-refractivity contribution in [2.75, 3.05) is 20.2 Å². The second-order valence-electron chi connectivity index (χ2n) is 6.35. The number of amides is 1. The van der Waals surface area contributed by atoms with Gasteiger partial charge in [0.2, 0.25) is 0 Å². The highest BCUT2D eigenvalue weighted by Crippen LogP contribution is 2.25. The summed E-state index contributed by atoms with van der Waals surface area (Å²) in [5, 5.41) is 0. The van der Waals surface area contributed by atoms with Gasteiger partial charge in [0.1, 0.15) is 0 Å². The van der Waals surface area contributed by atoms with Crippen LogP contribution in [0, 0.1) is 11.6 Å². The molecule has 5 heteroatoms. The zero-order chi connectivity index (χ0) is 17.8. The van der Waals surface area contributed by atoms with E-state index >= 15 is 0 Å². The molecule has 0 aromatic heterocycles. The minimum absolute atomic E-state index is 0.0864. The van der Waals surface area contributed by atoms with Gasteiger partial charge in [-0.3, -0.25) is 4.79 Å². The lowest BCUT2D eigenvalue weighted by Crippen LogP contribution is -2.37. The van der Waals surface area contributed by atoms with E-state index in [1.165, 1.54) is 12.1 Å². The molecule has 2 aromatic rings. The summed E-state index contributed by atoms with van der Waals surface area (Å²) in [5.74, 6) is -1.88. The summed E-state index contributed by atoms with van der Waals surface area (Å²) in [6.45, 7) is 1.31. The molecular weight excluding hydrogens is 324 g/mol. The number of rotatable bonds is 4. The zero-order valence-corrected chi connectivity index (χ0v) is 14.2. The molecule has 2 aromatic carbocycles. The third-order valence-electron chi connectivity index (χ3n) is 4.49. The van der Waals surface area contributed by atoms with Crippen LogP contribution in [0.2, 0.25) is 0 Å². The van der Waals surface area contributed by atoms with Crippen LogP contribution in [0.25, 0.3) is 11.1 Å². The van der Waals surface area contributed by atoms with Crippen molar-refractivity contribution in [2.24, 2.45) is 0 Å². The highest BCUT2D eigenvalue weighted by atomic mass is 19.2. The number of carbonyl (C=O) groups is 1. The van der Waals surface area contributed by atoms with Crippen molar-refractivity contribution in [3.05, 3.63) is 59.7 Å². The second kappa shape index (κ2) is 7.74. The Morgan fingerprint density at radius 3 is 2.60 bits per heavy atom. The predicted octanol–water partition coefficient (Wildman–Crippen LogP) is 4.27. The van der Waals surface area contributed by atoms with Crippen LogP contribution < -0.4 is 0 Å². The van der Waals surface area contributed by atoms with Crippen molar-refractivity contribution in [1.82, 2.24) is 4.90 Å². The maximum absolute atomic E-state index is 13.9. The fourth-order valence-electron chi connectivity index (χ4n) is 3.08. The van der Waals surface area contributed by atoms with Gasteiger partial charge < -0.3 is 9.64 Å². The number of nitrogens with zero attached hydrogens (tertiary/aromatic N) is 1. The lowest BCUT2D eigenvalue weighted by molar-refractivity contribution is -0.000186. The number of ether oxygens (including phenoxy) is 1. The number of likely N-dealkylation sites (N-methyl/N-ethyl adjacent to an activating group) is 1. The maximum atomic E-state index is 13.9. The fourth-order valence-corrected chi connectivity index (χ4v) is 3.08. The number of benzene rings is 2. The van der Waals surface area contributed by atoms with Crippen LogP contribution >= 0.6 is 0 Å². The van der Waals surface area contributed by atoms with Crippen LogP contribution in [-0.4, -0.2) is 37.1 Å². The SMILES string of the molecule is CN(CC1CCCCO1)C(=O)c1ccc(-c2cccc(F)c2F)cc1. The summed E-state index contributed by atoms with van der Waals surface area (Å²) in [6.07, 6.45) is 3.26. The van der Waals surface area contributed by atoms with Gasteiger partial charge in [0.15, 0.2) is 11.6 Å². The molecule has 1 aliphatic heterocycles. The number of hydrogen-bond acceptors (Lipinski definition) is 2. The van der Waals surface area contributed by atoms with E-state index in [0.717, 1.165) is 31.9 Å². The predicted molar refractivity (Wildman–Crippen MR) is 92.3 cm³/mol. The van der Waals surface area contributed by atoms with Gasteiger partial charge >= 0.3 is 0 Å². The summed E-state index contributed by atoms with van der Waals surface area (Å²) in [6, 6.07) is 10.6. The van der Waals surface area contributed by atoms with Gasteiger partial charge in [0.25, 0.3) is 5.91 Å². The zero-order valence-electron chi connectivity index (χ0n) is 14.2. The molecule has 25 heavy (non-hydrogen) atoms. The minimum Gasteiger partial charge on any atom is -0.376 e. The van der Waals surface area contributed by atoms with E-state index in [-0.39, 0.29) is 17.6 Å². The monoisotopic (exact) mass is 345 g/mol. The van der Waals surface area contributed by atoms with Gasteiger partial charge in [0, 0.05) is 31.3 Å². The van der Waals surface area contributed by atoms with Crippen LogP contribution in [0.5, 0.6) is 0 Å². The van der Waals surface area contributed by atoms with Crippen molar-refractivity contribution in [1.29, 1.82) is 0 Å². The van der Waals surface area contributed by atoms with E-state index in [2.05, 4.69) is 0 Å². The first-order valence-corrected chi connectivity index (χ1v) is 8.48. The summed E-state index contributed by atoms with van der Waals surface area (Å²) in [5.41, 5.74) is 1.23. The van der Waals surface area contributed by atoms with Crippen molar-refractivity contribution in [3.63, 3.8) is 0 Å². The highest BCUT2D eigenvalue weighted by Gasteiger charge is 2.20. The van der Waals surface area contributed by atoms with Crippen LogP contribution in [0.3, 0.4) is 0 Å². The quantitative estimate of drug-likeness (QED) is 0.828.